The zero-order valence-corrected chi connectivity index (χ0v) is 23.7. The van der Waals surface area contributed by atoms with Crippen LogP contribution in [0, 0.1) is 0 Å². The van der Waals surface area contributed by atoms with E-state index in [-0.39, 0.29) is 55.8 Å². The van der Waals surface area contributed by atoms with E-state index in [4.69, 9.17) is 49.0 Å². The van der Waals surface area contributed by atoms with Crippen molar-refractivity contribution in [1.82, 2.24) is 4.90 Å². The number of amides is 1. The lowest BCUT2D eigenvalue weighted by Crippen LogP contribution is -2.49. The first-order valence-corrected chi connectivity index (χ1v) is 13.9. The molecule has 0 aliphatic carbocycles. The van der Waals surface area contributed by atoms with Crippen molar-refractivity contribution < 1.29 is 32.2 Å². The fourth-order valence-electron chi connectivity index (χ4n) is 4.22. The van der Waals surface area contributed by atoms with Crippen molar-refractivity contribution in [3.8, 4) is 11.5 Å². The predicted octanol–water partition coefficient (Wildman–Crippen LogP) is 5.41. The third kappa shape index (κ3) is 6.54. The molecule has 9 nitrogen and oxygen atoms in total. The van der Waals surface area contributed by atoms with Crippen LogP contribution in [0.3, 0.4) is 0 Å². The van der Waals surface area contributed by atoms with Gasteiger partial charge in [-0.25, -0.2) is 13.2 Å². The zero-order valence-electron chi connectivity index (χ0n) is 20.6. The maximum Gasteiger partial charge on any atom is 0.340 e. The molecule has 1 N–H and O–H groups in total. The highest BCUT2D eigenvalue weighted by molar-refractivity contribution is 7.92. The van der Waals surface area contributed by atoms with E-state index >= 15 is 0 Å². The van der Waals surface area contributed by atoms with Crippen LogP contribution < -0.4 is 14.2 Å². The van der Waals surface area contributed by atoms with E-state index in [0.29, 0.717) is 0 Å². The fraction of sp³-hybridized carbons (Fsp3) is 0.417. The summed E-state index contributed by atoms with van der Waals surface area (Å²) in [5.74, 6) is -0.891. The highest BCUT2D eigenvalue weighted by atomic mass is 35.5. The molecule has 1 amide bonds. The predicted molar refractivity (Wildman–Crippen MR) is 142 cm³/mol. The van der Waals surface area contributed by atoms with Crippen LogP contribution in [0.5, 0.6) is 11.5 Å². The lowest BCUT2D eigenvalue weighted by atomic mass is 9.97. The number of nitrogens with one attached hydrogen (secondary N) is 1. The van der Waals surface area contributed by atoms with E-state index in [1.54, 1.807) is 4.90 Å². The van der Waals surface area contributed by atoms with Crippen LogP contribution >= 0.6 is 34.8 Å². The third-order valence-corrected chi connectivity index (χ3v) is 8.50. The van der Waals surface area contributed by atoms with Gasteiger partial charge in [0.15, 0.2) is 6.61 Å². The molecule has 0 radical (unpaired) electrons. The third-order valence-electron chi connectivity index (χ3n) is 6.06. The number of likely N-dealkylation sites (tertiary alicyclic amines) is 1. The van der Waals surface area contributed by atoms with Crippen molar-refractivity contribution in [1.29, 1.82) is 0 Å². The van der Waals surface area contributed by atoms with Gasteiger partial charge in [0, 0.05) is 18.2 Å². The van der Waals surface area contributed by atoms with Crippen LogP contribution in [0.15, 0.2) is 29.2 Å². The van der Waals surface area contributed by atoms with E-state index < -0.39 is 27.5 Å². The van der Waals surface area contributed by atoms with Crippen molar-refractivity contribution in [3.05, 3.63) is 44.9 Å². The minimum Gasteiger partial charge on any atom is -0.495 e. The normalized spacial score (nSPS) is 17.8. The minimum atomic E-state index is -4.35. The van der Waals surface area contributed by atoms with Gasteiger partial charge < -0.3 is 19.1 Å². The molecule has 13 heteroatoms. The molecular formula is C24H27Cl3N2O7S. The topological polar surface area (TPSA) is 111 Å². The van der Waals surface area contributed by atoms with Crippen molar-refractivity contribution in [2.45, 2.75) is 50.1 Å². The standard InChI is InChI=1S/C24H27Cl3N2O7S/c1-13-6-5-7-14(2)29(13)23(30)12-36-24(31)15-8-22(18(27)9-16(15)25)37(32,33)28-19-10-17(26)20(34-3)11-21(19)35-4/h8-11,13-14,28H,5-7,12H2,1-4H3. The van der Waals surface area contributed by atoms with Crippen molar-refractivity contribution >= 4 is 62.4 Å². The van der Waals surface area contributed by atoms with Crippen LogP contribution in [-0.4, -0.2) is 58.1 Å². The number of benzene rings is 2. The van der Waals surface area contributed by atoms with Gasteiger partial charge in [0.1, 0.15) is 16.4 Å². The monoisotopic (exact) mass is 592 g/mol. The first-order valence-electron chi connectivity index (χ1n) is 11.3. The van der Waals surface area contributed by atoms with E-state index in [2.05, 4.69) is 4.72 Å². The Kier molecular flexibility index (Phi) is 9.44. The highest BCUT2D eigenvalue weighted by Gasteiger charge is 2.30. The number of hydrogen-bond acceptors (Lipinski definition) is 7. The molecule has 37 heavy (non-hydrogen) atoms. The van der Waals surface area contributed by atoms with Gasteiger partial charge in [0.05, 0.1) is 40.5 Å². The van der Waals surface area contributed by atoms with Gasteiger partial charge in [-0.3, -0.25) is 9.52 Å². The molecule has 1 heterocycles. The maximum absolute atomic E-state index is 13.2. The largest absolute Gasteiger partial charge is 0.495 e. The number of halogens is 3. The lowest BCUT2D eigenvalue weighted by Gasteiger charge is -2.38. The number of nitrogens with zero attached hydrogens (tertiary/aromatic N) is 1. The number of hydrogen-bond donors (Lipinski definition) is 1. The molecule has 1 aliphatic heterocycles. The van der Waals surface area contributed by atoms with E-state index in [1.165, 1.54) is 26.4 Å². The molecule has 3 rings (SSSR count). The van der Waals surface area contributed by atoms with Crippen molar-refractivity contribution in [2.75, 3.05) is 25.5 Å². The number of esters is 1. The second-order valence-corrected chi connectivity index (χ2v) is 11.4. The molecular weight excluding hydrogens is 567 g/mol. The Hall–Kier alpha value is -2.40. The lowest BCUT2D eigenvalue weighted by molar-refractivity contribution is -0.140. The molecule has 1 saturated heterocycles. The zero-order chi connectivity index (χ0) is 27.5. The molecule has 0 saturated carbocycles. The van der Waals surface area contributed by atoms with Gasteiger partial charge >= 0.3 is 5.97 Å². The fourth-order valence-corrected chi connectivity index (χ4v) is 6.38. The van der Waals surface area contributed by atoms with E-state index in [0.717, 1.165) is 31.4 Å². The Labute approximate surface area is 231 Å². The molecule has 1 aliphatic rings. The molecule has 2 aromatic carbocycles. The SMILES string of the molecule is COc1cc(OC)c(NS(=O)(=O)c2cc(C(=O)OCC(=O)N3C(C)CCCC3C)c(Cl)cc2Cl)cc1Cl. The summed E-state index contributed by atoms with van der Waals surface area (Å²) in [5.41, 5.74) is -0.252. The summed E-state index contributed by atoms with van der Waals surface area (Å²) in [7, 11) is -1.61. The Bertz CT molecular complexity index is 1290. The number of methoxy groups -OCH3 is 2. The summed E-state index contributed by atoms with van der Waals surface area (Å²) in [4.78, 5) is 26.8. The van der Waals surface area contributed by atoms with Gasteiger partial charge in [-0.15, -0.1) is 0 Å². The van der Waals surface area contributed by atoms with Crippen LogP contribution in [0.4, 0.5) is 5.69 Å². The Morgan fingerprint density at radius 3 is 2.16 bits per heavy atom. The summed E-state index contributed by atoms with van der Waals surface area (Å²) in [6.07, 6.45) is 2.75. The first kappa shape index (κ1) is 29.2. The highest BCUT2D eigenvalue weighted by Crippen LogP contribution is 2.38. The summed E-state index contributed by atoms with van der Waals surface area (Å²) in [6.45, 7) is 3.38. The average Bonchev–Trinajstić information content (AvgIpc) is 2.82. The summed E-state index contributed by atoms with van der Waals surface area (Å²) in [5, 5.41) is -0.236. The Morgan fingerprint density at radius 1 is 0.946 bits per heavy atom. The van der Waals surface area contributed by atoms with Gasteiger partial charge in [0.25, 0.3) is 15.9 Å². The number of ether oxygens (including phenoxy) is 3. The number of rotatable bonds is 8. The molecule has 2 atom stereocenters. The average molecular weight is 594 g/mol. The second kappa shape index (κ2) is 12.0. The molecule has 0 bridgehead atoms. The number of carbonyl (C=O) groups excluding carboxylic acids is 2. The Balaban J connectivity index is 1.84. The maximum atomic E-state index is 13.2. The van der Waals surface area contributed by atoms with Crippen LogP contribution in [0.1, 0.15) is 43.5 Å². The number of carbonyl (C=O) groups is 2. The molecule has 2 aromatic rings. The number of sulfonamides is 1. The van der Waals surface area contributed by atoms with E-state index in [1.807, 2.05) is 13.8 Å². The van der Waals surface area contributed by atoms with Crippen LogP contribution in [0.2, 0.25) is 15.1 Å². The molecule has 202 valence electrons. The van der Waals surface area contributed by atoms with Crippen LogP contribution in [-0.2, 0) is 19.6 Å². The van der Waals surface area contributed by atoms with Crippen LogP contribution in [0.25, 0.3) is 0 Å². The molecule has 2 unspecified atom stereocenters. The van der Waals surface area contributed by atoms with Gasteiger partial charge in [-0.2, -0.15) is 0 Å². The summed E-state index contributed by atoms with van der Waals surface area (Å²) in [6, 6.07) is 4.88. The summed E-state index contributed by atoms with van der Waals surface area (Å²) < 4.78 is 44.3. The van der Waals surface area contributed by atoms with Crippen molar-refractivity contribution in [2.24, 2.45) is 0 Å². The molecule has 1 fully saturated rings. The smallest absolute Gasteiger partial charge is 0.340 e. The first-order chi connectivity index (χ1) is 17.4. The molecule has 0 spiro atoms. The van der Waals surface area contributed by atoms with Gasteiger partial charge in [-0.1, -0.05) is 34.8 Å². The second-order valence-electron chi connectivity index (χ2n) is 8.56. The van der Waals surface area contributed by atoms with E-state index in [9.17, 15) is 18.0 Å². The molecule has 0 aromatic heterocycles. The number of anilines is 1. The van der Waals surface area contributed by atoms with Gasteiger partial charge in [-0.05, 0) is 51.3 Å². The number of piperidine rings is 1. The minimum absolute atomic E-state index is 0.0128. The summed E-state index contributed by atoms with van der Waals surface area (Å²) >= 11 is 18.5. The quantitative estimate of drug-likeness (QED) is 0.407. The van der Waals surface area contributed by atoms with Gasteiger partial charge in [0.2, 0.25) is 0 Å². The Morgan fingerprint density at radius 2 is 1.57 bits per heavy atom. The van der Waals surface area contributed by atoms with Crippen molar-refractivity contribution in [3.63, 3.8) is 0 Å².